The van der Waals surface area contributed by atoms with Crippen LogP contribution < -0.4 is 5.32 Å². The Labute approximate surface area is 101 Å². The summed E-state index contributed by atoms with van der Waals surface area (Å²) in [4.78, 5) is 12.1. The molecule has 1 aromatic rings. The highest BCUT2D eigenvalue weighted by Gasteiger charge is 2.05. The first-order chi connectivity index (χ1) is 7.67. The largest absolute Gasteiger partial charge is 0.468 e. The Bertz CT molecular complexity index is 366. The van der Waals surface area contributed by atoms with Crippen molar-refractivity contribution in [2.45, 2.75) is 18.4 Å². The van der Waals surface area contributed by atoms with Crippen LogP contribution in [0.1, 0.15) is 11.1 Å². The second-order valence-corrected chi connectivity index (χ2v) is 4.51. The van der Waals surface area contributed by atoms with Crippen LogP contribution in [-0.4, -0.2) is 25.9 Å². The number of hydrogen-bond acceptors (Lipinski definition) is 4. The van der Waals surface area contributed by atoms with Crippen molar-refractivity contribution >= 4 is 17.7 Å². The topological polar surface area (TPSA) is 38.3 Å². The Morgan fingerprint density at radius 2 is 2.25 bits per heavy atom. The SMILES string of the molecule is CNCc1ccc(SCC(=O)OC)c(C)c1. The van der Waals surface area contributed by atoms with Crippen LogP contribution in [0.25, 0.3) is 0 Å². The Hall–Kier alpha value is -1.00. The highest BCUT2D eigenvalue weighted by molar-refractivity contribution is 8.00. The van der Waals surface area contributed by atoms with Gasteiger partial charge < -0.3 is 10.1 Å². The predicted molar refractivity (Wildman–Crippen MR) is 66.7 cm³/mol. The van der Waals surface area contributed by atoms with Gasteiger partial charge in [-0.2, -0.15) is 0 Å². The third kappa shape index (κ3) is 3.87. The van der Waals surface area contributed by atoms with Gasteiger partial charge in [0.15, 0.2) is 0 Å². The first-order valence-corrected chi connectivity index (χ1v) is 6.09. The van der Waals surface area contributed by atoms with E-state index in [9.17, 15) is 4.79 Å². The summed E-state index contributed by atoms with van der Waals surface area (Å²) in [5, 5.41) is 3.11. The molecule has 0 radical (unpaired) electrons. The zero-order valence-corrected chi connectivity index (χ0v) is 10.7. The molecule has 0 spiro atoms. The lowest BCUT2D eigenvalue weighted by Gasteiger charge is -2.07. The van der Waals surface area contributed by atoms with E-state index in [1.165, 1.54) is 30.0 Å². The first-order valence-electron chi connectivity index (χ1n) is 5.11. The molecule has 0 saturated carbocycles. The summed E-state index contributed by atoms with van der Waals surface area (Å²) in [5.74, 6) is 0.173. The Kier molecular flexibility index (Phi) is 5.35. The van der Waals surface area contributed by atoms with Crippen molar-refractivity contribution in [1.29, 1.82) is 0 Å². The molecule has 0 bridgehead atoms. The smallest absolute Gasteiger partial charge is 0.315 e. The Morgan fingerprint density at radius 3 is 2.81 bits per heavy atom. The van der Waals surface area contributed by atoms with E-state index in [1.54, 1.807) is 0 Å². The van der Waals surface area contributed by atoms with E-state index in [1.807, 2.05) is 7.05 Å². The van der Waals surface area contributed by atoms with Crippen molar-refractivity contribution in [3.8, 4) is 0 Å². The van der Waals surface area contributed by atoms with Crippen molar-refractivity contribution in [1.82, 2.24) is 5.32 Å². The van der Waals surface area contributed by atoms with Gasteiger partial charge in [0.1, 0.15) is 0 Å². The van der Waals surface area contributed by atoms with Gasteiger partial charge in [0.25, 0.3) is 0 Å². The van der Waals surface area contributed by atoms with Crippen molar-refractivity contribution < 1.29 is 9.53 Å². The van der Waals surface area contributed by atoms with E-state index >= 15 is 0 Å². The molecule has 16 heavy (non-hydrogen) atoms. The van der Waals surface area contributed by atoms with E-state index in [0.717, 1.165) is 11.4 Å². The van der Waals surface area contributed by atoms with Gasteiger partial charge in [0, 0.05) is 11.4 Å². The third-order valence-corrected chi connectivity index (χ3v) is 3.34. The van der Waals surface area contributed by atoms with Crippen molar-refractivity contribution in [3.05, 3.63) is 29.3 Å². The molecule has 88 valence electrons. The highest BCUT2D eigenvalue weighted by Crippen LogP contribution is 2.23. The van der Waals surface area contributed by atoms with Crippen molar-refractivity contribution in [2.75, 3.05) is 19.9 Å². The zero-order valence-electron chi connectivity index (χ0n) is 9.87. The second-order valence-electron chi connectivity index (χ2n) is 3.49. The van der Waals surface area contributed by atoms with Crippen LogP contribution >= 0.6 is 11.8 Å². The normalized spacial score (nSPS) is 10.2. The van der Waals surface area contributed by atoms with Gasteiger partial charge in [-0.1, -0.05) is 12.1 Å². The summed E-state index contributed by atoms with van der Waals surface area (Å²) in [7, 11) is 3.33. The minimum absolute atomic E-state index is 0.191. The van der Waals surface area contributed by atoms with E-state index < -0.39 is 0 Å². The quantitative estimate of drug-likeness (QED) is 0.630. The minimum Gasteiger partial charge on any atom is -0.468 e. The van der Waals surface area contributed by atoms with Gasteiger partial charge in [-0.05, 0) is 31.2 Å². The molecule has 0 aliphatic heterocycles. The van der Waals surface area contributed by atoms with Crippen molar-refractivity contribution in [2.24, 2.45) is 0 Å². The standard InChI is InChI=1S/C12H17NO2S/c1-9-6-10(7-13-2)4-5-11(9)16-8-12(14)15-3/h4-6,13H,7-8H2,1-3H3. The second kappa shape index (κ2) is 6.55. The van der Waals surface area contributed by atoms with Gasteiger partial charge in [-0.15, -0.1) is 11.8 Å². The monoisotopic (exact) mass is 239 g/mol. The molecule has 3 nitrogen and oxygen atoms in total. The fraction of sp³-hybridized carbons (Fsp3) is 0.417. The number of methoxy groups -OCH3 is 1. The third-order valence-electron chi connectivity index (χ3n) is 2.19. The molecular weight excluding hydrogens is 222 g/mol. The average molecular weight is 239 g/mol. The fourth-order valence-electron chi connectivity index (χ4n) is 1.38. The first kappa shape index (κ1) is 13.1. The molecule has 0 aliphatic rings. The number of hydrogen-bond donors (Lipinski definition) is 1. The van der Waals surface area contributed by atoms with Crippen LogP contribution in [0.3, 0.4) is 0 Å². The van der Waals surface area contributed by atoms with E-state index in [2.05, 4.69) is 35.2 Å². The predicted octanol–water partition coefficient (Wildman–Crippen LogP) is 1.98. The Balaban J connectivity index is 2.64. The molecule has 0 amide bonds. The molecule has 0 fully saturated rings. The van der Waals surface area contributed by atoms with Crippen LogP contribution in [0, 0.1) is 6.92 Å². The molecule has 1 rings (SSSR count). The maximum Gasteiger partial charge on any atom is 0.315 e. The number of benzene rings is 1. The summed E-state index contributed by atoms with van der Waals surface area (Å²) in [6.07, 6.45) is 0. The van der Waals surface area contributed by atoms with E-state index in [0.29, 0.717) is 5.75 Å². The summed E-state index contributed by atoms with van der Waals surface area (Å²) >= 11 is 1.51. The van der Waals surface area contributed by atoms with Crippen LogP contribution in [0.5, 0.6) is 0 Å². The number of esters is 1. The number of thioether (sulfide) groups is 1. The maximum atomic E-state index is 11.0. The zero-order chi connectivity index (χ0) is 12.0. The van der Waals surface area contributed by atoms with Gasteiger partial charge in [0.2, 0.25) is 0 Å². The number of carbonyl (C=O) groups excluding carboxylic acids is 1. The summed E-state index contributed by atoms with van der Waals surface area (Å²) in [5.41, 5.74) is 2.45. The molecule has 0 aromatic heterocycles. The van der Waals surface area contributed by atoms with E-state index in [4.69, 9.17) is 0 Å². The molecular formula is C12H17NO2S. The number of aryl methyl sites for hydroxylation is 1. The lowest BCUT2D eigenvalue weighted by Crippen LogP contribution is -2.05. The molecule has 0 heterocycles. The molecule has 1 N–H and O–H groups in total. The molecule has 1 aromatic carbocycles. The average Bonchev–Trinajstić information content (AvgIpc) is 2.28. The van der Waals surface area contributed by atoms with Gasteiger partial charge in [-0.25, -0.2) is 0 Å². The number of nitrogens with one attached hydrogen (secondary N) is 1. The van der Waals surface area contributed by atoms with Crippen LogP contribution in [0.2, 0.25) is 0 Å². The van der Waals surface area contributed by atoms with E-state index in [-0.39, 0.29) is 5.97 Å². The maximum absolute atomic E-state index is 11.0. The molecule has 0 atom stereocenters. The van der Waals surface area contributed by atoms with Gasteiger partial charge >= 0.3 is 5.97 Å². The minimum atomic E-state index is -0.191. The summed E-state index contributed by atoms with van der Waals surface area (Å²) < 4.78 is 4.60. The fourth-order valence-corrected chi connectivity index (χ4v) is 2.23. The summed E-state index contributed by atoms with van der Waals surface area (Å²) in [6.45, 7) is 2.92. The number of rotatable bonds is 5. The Morgan fingerprint density at radius 1 is 1.50 bits per heavy atom. The number of ether oxygens (including phenoxy) is 1. The van der Waals surface area contributed by atoms with Crippen LogP contribution in [-0.2, 0) is 16.1 Å². The molecule has 0 saturated heterocycles. The lowest BCUT2D eigenvalue weighted by atomic mass is 10.1. The molecule has 4 heteroatoms. The van der Waals surface area contributed by atoms with Crippen molar-refractivity contribution in [3.63, 3.8) is 0 Å². The molecule has 0 aliphatic carbocycles. The summed E-state index contributed by atoms with van der Waals surface area (Å²) in [6, 6.07) is 6.26. The van der Waals surface area contributed by atoms with Gasteiger partial charge in [-0.3, -0.25) is 4.79 Å². The number of carbonyl (C=O) groups is 1. The van der Waals surface area contributed by atoms with Crippen LogP contribution in [0.4, 0.5) is 0 Å². The molecule has 0 unspecified atom stereocenters. The highest BCUT2D eigenvalue weighted by atomic mass is 32.2. The van der Waals surface area contributed by atoms with Gasteiger partial charge in [0.05, 0.1) is 12.9 Å². The van der Waals surface area contributed by atoms with Crippen LogP contribution in [0.15, 0.2) is 23.1 Å². The lowest BCUT2D eigenvalue weighted by molar-refractivity contribution is -0.137.